The summed E-state index contributed by atoms with van der Waals surface area (Å²) in [4.78, 5) is 12.0. The molecule has 0 aliphatic heterocycles. The van der Waals surface area contributed by atoms with E-state index in [-0.39, 0.29) is 5.91 Å². The van der Waals surface area contributed by atoms with E-state index in [0.717, 1.165) is 11.8 Å². The van der Waals surface area contributed by atoms with Gasteiger partial charge in [-0.1, -0.05) is 29.6 Å². The Kier molecular flexibility index (Phi) is 3.99. The molecule has 1 aromatic carbocycles. The average molecular weight is 311 g/mol. The maximum absolute atomic E-state index is 12.0. The van der Waals surface area contributed by atoms with Gasteiger partial charge in [0.2, 0.25) is 0 Å². The van der Waals surface area contributed by atoms with Crippen LogP contribution in [0.3, 0.4) is 0 Å². The highest BCUT2D eigenvalue weighted by molar-refractivity contribution is 6.36. The molecule has 1 N–H and O–H groups in total. The second-order valence-electron chi connectivity index (χ2n) is 5.68. The first-order valence-corrected chi connectivity index (χ1v) is 7.67. The van der Waals surface area contributed by atoms with E-state index in [4.69, 9.17) is 23.2 Å². The highest BCUT2D eigenvalue weighted by atomic mass is 35.5. The highest BCUT2D eigenvalue weighted by Gasteiger charge is 2.38. The first kappa shape index (κ1) is 13.9. The van der Waals surface area contributed by atoms with Gasteiger partial charge >= 0.3 is 0 Å². The molecule has 106 valence electrons. The van der Waals surface area contributed by atoms with E-state index in [2.05, 4.69) is 10.5 Å². The molecule has 2 fully saturated rings. The lowest BCUT2D eigenvalue weighted by atomic mass is 9.90. The zero-order chi connectivity index (χ0) is 14.1. The second-order valence-corrected chi connectivity index (χ2v) is 6.53. The van der Waals surface area contributed by atoms with Crippen LogP contribution < -0.4 is 5.43 Å². The van der Waals surface area contributed by atoms with Gasteiger partial charge in [-0.15, -0.1) is 0 Å². The Hall–Kier alpha value is -1.06. The van der Waals surface area contributed by atoms with Crippen molar-refractivity contribution in [3.8, 4) is 0 Å². The van der Waals surface area contributed by atoms with E-state index in [0.29, 0.717) is 21.5 Å². The zero-order valence-corrected chi connectivity index (χ0v) is 12.5. The highest BCUT2D eigenvalue weighted by Crippen LogP contribution is 2.47. The van der Waals surface area contributed by atoms with Crippen LogP contribution in [0, 0.1) is 17.8 Å². The van der Waals surface area contributed by atoms with Gasteiger partial charge in [0.15, 0.2) is 0 Å². The number of carbonyl (C=O) groups excluding carboxylic acids is 1. The number of carbonyl (C=O) groups is 1. The topological polar surface area (TPSA) is 41.5 Å². The second kappa shape index (κ2) is 5.74. The molecule has 5 heteroatoms. The number of fused-ring (bicyclic) bond motifs is 2. The molecule has 2 bridgehead atoms. The molecule has 3 unspecified atom stereocenters. The number of nitrogens with zero attached hydrogens (tertiary/aromatic N) is 1. The predicted octanol–water partition coefficient (Wildman–Crippen LogP) is 4.15. The summed E-state index contributed by atoms with van der Waals surface area (Å²) in [6, 6.07) is 4.80. The first-order valence-electron chi connectivity index (χ1n) is 6.92. The Morgan fingerprint density at radius 1 is 1.30 bits per heavy atom. The average Bonchev–Trinajstić information content (AvgIpc) is 3.00. The minimum Gasteiger partial charge on any atom is -0.267 e. The Balaban J connectivity index is 1.59. The maximum atomic E-state index is 12.0. The molecular formula is C15H16Cl2N2O. The maximum Gasteiger partial charge on any atom is 0.272 e. The summed E-state index contributed by atoms with van der Waals surface area (Å²) < 4.78 is 0. The summed E-state index contributed by atoms with van der Waals surface area (Å²) in [5.41, 5.74) is 2.94. The molecule has 20 heavy (non-hydrogen) atoms. The van der Waals surface area contributed by atoms with Crippen LogP contribution in [-0.2, 0) is 0 Å². The van der Waals surface area contributed by atoms with Crippen LogP contribution >= 0.6 is 23.2 Å². The molecule has 0 spiro atoms. The molecule has 2 saturated carbocycles. The summed E-state index contributed by atoms with van der Waals surface area (Å²) in [7, 11) is 0. The number of hydrogen-bond donors (Lipinski definition) is 1. The molecule has 1 amide bonds. The number of nitrogens with one attached hydrogen (secondary N) is 1. The summed E-state index contributed by atoms with van der Waals surface area (Å²) in [6.07, 6.45) is 7.10. The molecule has 3 rings (SSSR count). The number of hydrazone groups is 1. The van der Waals surface area contributed by atoms with Crippen LogP contribution in [0.2, 0.25) is 10.0 Å². The Labute approximate surface area is 128 Å². The third kappa shape index (κ3) is 2.84. The van der Waals surface area contributed by atoms with Crippen molar-refractivity contribution in [3.05, 3.63) is 33.8 Å². The lowest BCUT2D eigenvalue weighted by Gasteiger charge is -2.16. The zero-order valence-electron chi connectivity index (χ0n) is 11.0. The SMILES string of the molecule is O=C(N/N=C\C1CC2CCC1C2)c1ccc(Cl)cc1Cl. The van der Waals surface area contributed by atoms with Crippen molar-refractivity contribution in [2.24, 2.45) is 22.9 Å². The van der Waals surface area contributed by atoms with E-state index in [9.17, 15) is 4.79 Å². The Morgan fingerprint density at radius 2 is 2.15 bits per heavy atom. The predicted molar refractivity (Wildman–Crippen MR) is 81.4 cm³/mol. The van der Waals surface area contributed by atoms with Crippen LogP contribution in [-0.4, -0.2) is 12.1 Å². The molecule has 0 radical (unpaired) electrons. The molecule has 2 aliphatic rings. The number of halogens is 2. The van der Waals surface area contributed by atoms with E-state index in [1.54, 1.807) is 18.2 Å². The van der Waals surface area contributed by atoms with Crippen molar-refractivity contribution in [3.63, 3.8) is 0 Å². The quantitative estimate of drug-likeness (QED) is 0.661. The van der Waals surface area contributed by atoms with Crippen LogP contribution in [0.1, 0.15) is 36.0 Å². The van der Waals surface area contributed by atoms with Gasteiger partial charge in [0, 0.05) is 11.2 Å². The van der Waals surface area contributed by atoms with Crippen molar-refractivity contribution in [2.75, 3.05) is 0 Å². The van der Waals surface area contributed by atoms with Crippen LogP contribution in [0.25, 0.3) is 0 Å². The molecule has 3 nitrogen and oxygen atoms in total. The van der Waals surface area contributed by atoms with Crippen molar-refractivity contribution in [1.82, 2.24) is 5.43 Å². The monoisotopic (exact) mass is 310 g/mol. The summed E-state index contributed by atoms with van der Waals surface area (Å²) in [5, 5.41) is 4.95. The Morgan fingerprint density at radius 3 is 2.80 bits per heavy atom. The molecule has 1 aromatic rings. The molecular weight excluding hydrogens is 295 g/mol. The van der Waals surface area contributed by atoms with E-state index in [1.807, 2.05) is 6.21 Å². The van der Waals surface area contributed by atoms with Crippen molar-refractivity contribution in [2.45, 2.75) is 25.7 Å². The fourth-order valence-electron chi connectivity index (χ4n) is 3.40. The fraction of sp³-hybridized carbons (Fsp3) is 0.467. The van der Waals surface area contributed by atoms with Crippen molar-refractivity contribution in [1.29, 1.82) is 0 Å². The van der Waals surface area contributed by atoms with Gasteiger partial charge in [-0.2, -0.15) is 5.10 Å². The minimum absolute atomic E-state index is 0.300. The molecule has 0 heterocycles. The van der Waals surface area contributed by atoms with Crippen LogP contribution in [0.4, 0.5) is 0 Å². The van der Waals surface area contributed by atoms with E-state index >= 15 is 0 Å². The number of amides is 1. The van der Waals surface area contributed by atoms with Gasteiger partial charge in [0.1, 0.15) is 0 Å². The molecule has 0 saturated heterocycles. The van der Waals surface area contributed by atoms with Gasteiger partial charge in [-0.3, -0.25) is 4.79 Å². The third-order valence-corrected chi connectivity index (χ3v) is 4.95. The summed E-state index contributed by atoms with van der Waals surface area (Å²) in [6.45, 7) is 0. The summed E-state index contributed by atoms with van der Waals surface area (Å²) in [5.74, 6) is 1.86. The third-order valence-electron chi connectivity index (χ3n) is 4.40. The normalized spacial score (nSPS) is 28.2. The molecule has 2 aliphatic carbocycles. The number of rotatable bonds is 3. The van der Waals surface area contributed by atoms with Crippen molar-refractivity contribution < 1.29 is 4.79 Å². The minimum atomic E-state index is -0.300. The fourth-order valence-corrected chi connectivity index (χ4v) is 3.90. The van der Waals surface area contributed by atoms with Gasteiger partial charge in [0.05, 0.1) is 10.6 Å². The van der Waals surface area contributed by atoms with E-state index < -0.39 is 0 Å². The number of benzene rings is 1. The van der Waals surface area contributed by atoms with Gasteiger partial charge in [-0.25, -0.2) is 5.43 Å². The summed E-state index contributed by atoms with van der Waals surface area (Å²) >= 11 is 11.8. The van der Waals surface area contributed by atoms with E-state index in [1.165, 1.54) is 25.7 Å². The molecule has 3 atom stereocenters. The van der Waals surface area contributed by atoms with Crippen LogP contribution in [0.5, 0.6) is 0 Å². The van der Waals surface area contributed by atoms with Gasteiger partial charge in [0.25, 0.3) is 5.91 Å². The lowest BCUT2D eigenvalue weighted by molar-refractivity contribution is 0.0955. The molecule has 0 aromatic heterocycles. The van der Waals surface area contributed by atoms with Gasteiger partial charge < -0.3 is 0 Å². The largest absolute Gasteiger partial charge is 0.272 e. The smallest absolute Gasteiger partial charge is 0.267 e. The number of hydrogen-bond acceptors (Lipinski definition) is 2. The standard InChI is InChI=1S/C15H16Cl2N2O/c16-12-3-4-13(14(17)7-12)15(20)19-18-8-11-6-9-1-2-10(11)5-9/h3-4,7-11H,1-2,5-6H2,(H,19,20)/b18-8-. The van der Waals surface area contributed by atoms with Gasteiger partial charge in [-0.05, 0) is 55.2 Å². The first-order chi connectivity index (χ1) is 9.63. The van der Waals surface area contributed by atoms with Crippen LogP contribution in [0.15, 0.2) is 23.3 Å². The Bertz CT molecular complexity index is 559. The lowest BCUT2D eigenvalue weighted by Crippen LogP contribution is -2.20. The van der Waals surface area contributed by atoms with Crippen molar-refractivity contribution >= 4 is 35.3 Å².